The number of rotatable bonds is 11. The van der Waals surface area contributed by atoms with Crippen LogP contribution in [0.15, 0.2) is 60.7 Å². The normalized spacial score (nSPS) is 12.7. The average Bonchev–Trinajstić information content (AvgIpc) is 2.73. The summed E-state index contributed by atoms with van der Waals surface area (Å²) in [6, 6.07) is 17.1. The second-order valence-corrected chi connectivity index (χ2v) is 9.56. The lowest BCUT2D eigenvalue weighted by Gasteiger charge is -2.20. The summed E-state index contributed by atoms with van der Waals surface area (Å²) in [5, 5.41) is 11.9. The summed E-state index contributed by atoms with van der Waals surface area (Å²) < 4.78 is 0. The van der Waals surface area contributed by atoms with Gasteiger partial charge in [0.25, 0.3) is 0 Å². The zero-order valence-electron chi connectivity index (χ0n) is 15.9. The number of benzene rings is 2. The van der Waals surface area contributed by atoms with Crippen LogP contribution >= 0.6 is 35.3 Å². The van der Waals surface area contributed by atoms with Crippen molar-refractivity contribution >= 4 is 52.3 Å². The molecule has 0 fully saturated rings. The van der Waals surface area contributed by atoms with Crippen LogP contribution in [0, 0.1) is 0 Å². The first-order valence-electron chi connectivity index (χ1n) is 8.91. The minimum absolute atomic E-state index is 0.217. The molecule has 0 aliphatic carbocycles. The van der Waals surface area contributed by atoms with Crippen LogP contribution in [0.4, 0.5) is 0 Å². The lowest BCUT2D eigenvalue weighted by atomic mass is 10.1. The fourth-order valence-corrected chi connectivity index (χ4v) is 4.97. The molecule has 0 radical (unpaired) electrons. The number of amides is 1. The van der Waals surface area contributed by atoms with E-state index in [9.17, 15) is 19.5 Å². The molecule has 2 rings (SSSR count). The number of hydrogen-bond acceptors (Lipinski definition) is 6. The smallest absolute Gasteiger partial charge is 0.327 e. The van der Waals surface area contributed by atoms with E-state index in [4.69, 9.17) is 0 Å². The van der Waals surface area contributed by atoms with Crippen molar-refractivity contribution < 1.29 is 19.5 Å². The Morgan fingerprint density at radius 3 is 2.21 bits per heavy atom. The maximum atomic E-state index is 12.9. The zero-order valence-corrected chi connectivity index (χ0v) is 18.4. The van der Waals surface area contributed by atoms with E-state index >= 15 is 0 Å². The van der Waals surface area contributed by atoms with Crippen LogP contribution in [0.25, 0.3) is 0 Å². The number of thioether (sulfide) groups is 3. The minimum Gasteiger partial charge on any atom is -0.480 e. The summed E-state index contributed by atoms with van der Waals surface area (Å²) in [5.41, 5.74) is 1.42. The van der Waals surface area contributed by atoms with Gasteiger partial charge in [-0.3, -0.25) is 9.59 Å². The molecule has 0 aromatic heterocycles. The van der Waals surface area contributed by atoms with Gasteiger partial charge in [0.1, 0.15) is 6.04 Å². The van der Waals surface area contributed by atoms with Gasteiger partial charge in [0.05, 0.1) is 5.25 Å². The SMILES string of the molecule is CSCSC[C@H](NC(=O)C(Cc1ccccc1)SC(=O)c1ccccc1)C(=O)O. The van der Waals surface area contributed by atoms with E-state index in [-0.39, 0.29) is 10.9 Å². The second kappa shape index (κ2) is 12.6. The Bertz CT molecular complexity index is 802. The van der Waals surface area contributed by atoms with Crippen molar-refractivity contribution in [1.29, 1.82) is 0 Å². The van der Waals surface area contributed by atoms with E-state index in [1.807, 2.05) is 42.7 Å². The quantitative estimate of drug-likeness (QED) is 0.399. The molecule has 154 valence electrons. The highest BCUT2D eigenvalue weighted by Crippen LogP contribution is 2.22. The highest BCUT2D eigenvalue weighted by atomic mass is 32.2. The molecule has 2 N–H and O–H groups in total. The molecule has 0 spiro atoms. The van der Waals surface area contributed by atoms with Crippen molar-refractivity contribution in [1.82, 2.24) is 5.32 Å². The number of hydrogen-bond donors (Lipinski definition) is 2. The van der Waals surface area contributed by atoms with Gasteiger partial charge in [-0.1, -0.05) is 72.4 Å². The Kier molecular flexibility index (Phi) is 10.2. The first-order valence-corrected chi connectivity index (χ1v) is 12.3. The molecular weight excluding hydrogens is 426 g/mol. The highest BCUT2D eigenvalue weighted by molar-refractivity contribution is 8.15. The van der Waals surface area contributed by atoms with Gasteiger partial charge in [-0.25, -0.2) is 4.79 Å². The summed E-state index contributed by atoms with van der Waals surface area (Å²) >= 11 is 3.98. The van der Waals surface area contributed by atoms with Gasteiger partial charge in [0.2, 0.25) is 11.0 Å². The average molecular weight is 450 g/mol. The van der Waals surface area contributed by atoms with Crippen LogP contribution in [0.1, 0.15) is 15.9 Å². The van der Waals surface area contributed by atoms with Gasteiger partial charge in [-0.15, -0.1) is 11.8 Å². The largest absolute Gasteiger partial charge is 0.480 e. The Balaban J connectivity index is 2.13. The molecule has 5 nitrogen and oxygen atoms in total. The topological polar surface area (TPSA) is 83.5 Å². The maximum absolute atomic E-state index is 12.9. The van der Waals surface area contributed by atoms with Gasteiger partial charge in [-0.2, -0.15) is 11.8 Å². The molecule has 2 aromatic rings. The standard InChI is InChI=1S/C21H23NO4S3/c1-27-14-28-13-17(20(24)25)22-19(23)18(12-15-8-4-2-5-9-15)29-21(26)16-10-6-3-7-11-16/h2-11,17-18H,12-14H2,1H3,(H,22,23)(H,24,25)/t17-,18?/m0/s1. The van der Waals surface area contributed by atoms with Crippen molar-refractivity contribution in [2.75, 3.05) is 17.1 Å². The van der Waals surface area contributed by atoms with E-state index in [2.05, 4.69) is 5.32 Å². The zero-order chi connectivity index (χ0) is 21.1. The molecule has 0 saturated carbocycles. The first-order chi connectivity index (χ1) is 14.0. The third-order valence-electron chi connectivity index (χ3n) is 3.92. The van der Waals surface area contributed by atoms with Crippen LogP contribution in [-0.4, -0.2) is 50.5 Å². The Morgan fingerprint density at radius 1 is 1.00 bits per heavy atom. The summed E-state index contributed by atoms with van der Waals surface area (Å²) in [5.74, 6) is -1.25. The summed E-state index contributed by atoms with van der Waals surface area (Å²) in [6.07, 6.45) is 2.27. The third-order valence-corrected chi connectivity index (χ3v) is 7.21. The van der Waals surface area contributed by atoms with E-state index < -0.39 is 23.2 Å². The fraction of sp³-hybridized carbons (Fsp3) is 0.286. The lowest BCUT2D eigenvalue weighted by Crippen LogP contribution is -2.46. The van der Waals surface area contributed by atoms with Crippen molar-refractivity contribution in [3.8, 4) is 0 Å². The monoisotopic (exact) mass is 449 g/mol. The number of nitrogens with one attached hydrogen (secondary N) is 1. The molecule has 1 amide bonds. The summed E-state index contributed by atoms with van der Waals surface area (Å²) in [7, 11) is 0. The van der Waals surface area contributed by atoms with Crippen molar-refractivity contribution in [3.05, 3.63) is 71.8 Å². The highest BCUT2D eigenvalue weighted by Gasteiger charge is 2.28. The van der Waals surface area contributed by atoms with Gasteiger partial charge in [-0.05, 0) is 18.2 Å². The predicted molar refractivity (Wildman–Crippen MR) is 123 cm³/mol. The lowest BCUT2D eigenvalue weighted by molar-refractivity contribution is -0.141. The molecule has 2 aromatic carbocycles. The van der Waals surface area contributed by atoms with E-state index in [1.54, 1.807) is 36.0 Å². The Hall–Kier alpha value is -1.90. The van der Waals surface area contributed by atoms with Crippen LogP contribution in [0.3, 0.4) is 0 Å². The molecular formula is C21H23NO4S3. The number of carbonyl (C=O) groups is 3. The van der Waals surface area contributed by atoms with Gasteiger partial charge in [0, 0.05) is 16.4 Å². The maximum Gasteiger partial charge on any atom is 0.327 e. The molecule has 0 heterocycles. The van der Waals surface area contributed by atoms with E-state index in [0.29, 0.717) is 12.0 Å². The summed E-state index contributed by atoms with van der Waals surface area (Å²) in [4.78, 5) is 37.1. The van der Waals surface area contributed by atoms with Gasteiger partial charge >= 0.3 is 5.97 Å². The number of carboxylic acid groups (broad SMARTS) is 1. The van der Waals surface area contributed by atoms with Gasteiger partial charge in [0.15, 0.2) is 0 Å². The number of carbonyl (C=O) groups excluding carboxylic acids is 2. The Morgan fingerprint density at radius 2 is 1.62 bits per heavy atom. The number of carboxylic acids is 1. The van der Waals surface area contributed by atoms with Gasteiger partial charge < -0.3 is 10.4 Å². The van der Waals surface area contributed by atoms with Crippen molar-refractivity contribution in [2.45, 2.75) is 17.7 Å². The van der Waals surface area contributed by atoms with Crippen molar-refractivity contribution in [3.63, 3.8) is 0 Å². The predicted octanol–water partition coefficient (Wildman–Crippen LogP) is 3.79. The molecule has 29 heavy (non-hydrogen) atoms. The molecule has 0 bridgehead atoms. The van der Waals surface area contributed by atoms with E-state index in [0.717, 1.165) is 22.4 Å². The molecule has 8 heteroatoms. The molecule has 0 saturated heterocycles. The Labute approximate surface area is 183 Å². The molecule has 2 atom stereocenters. The van der Waals surface area contributed by atoms with Crippen LogP contribution in [-0.2, 0) is 16.0 Å². The van der Waals surface area contributed by atoms with E-state index in [1.165, 1.54) is 11.8 Å². The summed E-state index contributed by atoms with van der Waals surface area (Å²) in [6.45, 7) is 0. The van der Waals surface area contributed by atoms with Crippen molar-refractivity contribution in [2.24, 2.45) is 0 Å². The number of aliphatic carboxylic acids is 1. The molecule has 1 unspecified atom stereocenters. The fourth-order valence-electron chi connectivity index (χ4n) is 2.48. The van der Waals surface area contributed by atoms with Crippen LogP contribution in [0.2, 0.25) is 0 Å². The second-order valence-electron chi connectivity index (χ2n) is 6.13. The minimum atomic E-state index is -1.08. The molecule has 0 aliphatic heterocycles. The van der Waals surface area contributed by atoms with Crippen LogP contribution in [0.5, 0.6) is 0 Å². The first kappa shape index (κ1) is 23.4. The molecule has 0 aliphatic rings. The third kappa shape index (κ3) is 8.16. The van der Waals surface area contributed by atoms with Crippen LogP contribution < -0.4 is 5.32 Å².